The second-order valence-corrected chi connectivity index (χ2v) is 5.31. The lowest BCUT2D eigenvalue weighted by molar-refractivity contribution is 0.103. The lowest BCUT2D eigenvalue weighted by Gasteiger charge is -2.12. The molecule has 0 bridgehead atoms. The summed E-state index contributed by atoms with van der Waals surface area (Å²) in [5.41, 5.74) is 0.775. The summed E-state index contributed by atoms with van der Waals surface area (Å²) in [6, 6.07) is 7.90. The predicted molar refractivity (Wildman–Crippen MR) is 81.8 cm³/mol. The Morgan fingerprint density at radius 1 is 1.10 bits per heavy atom. The summed E-state index contributed by atoms with van der Waals surface area (Å²) in [7, 11) is 2.99. The molecule has 0 spiro atoms. The Morgan fingerprint density at radius 3 is 2.33 bits per heavy atom. The van der Waals surface area contributed by atoms with Crippen LogP contribution in [-0.2, 0) is 0 Å². The molecule has 2 aromatic rings. The van der Waals surface area contributed by atoms with Crippen LogP contribution in [-0.4, -0.2) is 20.0 Å². The molecule has 0 aliphatic rings. The number of ether oxygens (including phenoxy) is 2. The molecule has 0 aliphatic heterocycles. The van der Waals surface area contributed by atoms with Crippen molar-refractivity contribution in [3.05, 3.63) is 57.3 Å². The minimum atomic E-state index is -0.510. The summed E-state index contributed by atoms with van der Waals surface area (Å²) >= 11 is 3.31. The Morgan fingerprint density at radius 2 is 1.71 bits per heavy atom. The van der Waals surface area contributed by atoms with Gasteiger partial charge in [-0.1, -0.05) is 12.1 Å². The van der Waals surface area contributed by atoms with Crippen LogP contribution in [0.25, 0.3) is 0 Å². The van der Waals surface area contributed by atoms with Crippen molar-refractivity contribution < 1.29 is 18.7 Å². The maximum absolute atomic E-state index is 14.1. The van der Waals surface area contributed by atoms with Crippen LogP contribution in [0.15, 0.2) is 34.8 Å². The molecule has 0 heterocycles. The van der Waals surface area contributed by atoms with Crippen LogP contribution >= 0.6 is 15.9 Å². The molecule has 0 aliphatic carbocycles. The number of ketones is 1. The number of hydrogen-bond donors (Lipinski definition) is 0. The van der Waals surface area contributed by atoms with Crippen LogP contribution < -0.4 is 9.47 Å². The van der Waals surface area contributed by atoms with Gasteiger partial charge in [0.05, 0.1) is 19.8 Å². The van der Waals surface area contributed by atoms with Gasteiger partial charge in [-0.3, -0.25) is 4.79 Å². The third kappa shape index (κ3) is 2.93. The first-order valence-corrected chi connectivity index (χ1v) is 7.00. The summed E-state index contributed by atoms with van der Waals surface area (Å²) in [6.45, 7) is 1.62. The fourth-order valence-corrected chi connectivity index (χ4v) is 2.50. The Labute approximate surface area is 130 Å². The molecule has 5 heteroatoms. The fourth-order valence-electron chi connectivity index (χ4n) is 2.00. The van der Waals surface area contributed by atoms with Crippen molar-refractivity contribution in [2.45, 2.75) is 6.92 Å². The fraction of sp³-hybridized carbons (Fsp3) is 0.188. The number of carbonyl (C=O) groups is 1. The van der Waals surface area contributed by atoms with E-state index in [2.05, 4.69) is 15.9 Å². The predicted octanol–water partition coefficient (Wildman–Crippen LogP) is 4.14. The van der Waals surface area contributed by atoms with Gasteiger partial charge in [0.2, 0.25) is 0 Å². The van der Waals surface area contributed by atoms with E-state index < -0.39 is 11.6 Å². The van der Waals surface area contributed by atoms with E-state index in [-0.39, 0.29) is 5.56 Å². The van der Waals surface area contributed by atoms with E-state index in [0.29, 0.717) is 27.1 Å². The van der Waals surface area contributed by atoms with Gasteiger partial charge in [0, 0.05) is 10.0 Å². The van der Waals surface area contributed by atoms with Crippen LogP contribution in [0.5, 0.6) is 11.5 Å². The van der Waals surface area contributed by atoms with Gasteiger partial charge in [0.15, 0.2) is 17.3 Å². The molecule has 21 heavy (non-hydrogen) atoms. The molecule has 0 fully saturated rings. The molecule has 0 saturated heterocycles. The van der Waals surface area contributed by atoms with Crippen LogP contribution in [0.2, 0.25) is 0 Å². The first-order valence-electron chi connectivity index (χ1n) is 6.21. The normalized spacial score (nSPS) is 10.3. The van der Waals surface area contributed by atoms with Crippen molar-refractivity contribution in [1.82, 2.24) is 0 Å². The maximum atomic E-state index is 14.1. The lowest BCUT2D eigenvalue weighted by atomic mass is 10.0. The van der Waals surface area contributed by atoms with E-state index in [1.54, 1.807) is 25.1 Å². The van der Waals surface area contributed by atoms with Crippen molar-refractivity contribution >= 4 is 21.7 Å². The van der Waals surface area contributed by atoms with Gasteiger partial charge >= 0.3 is 0 Å². The van der Waals surface area contributed by atoms with Gasteiger partial charge in [-0.25, -0.2) is 4.39 Å². The van der Waals surface area contributed by atoms with Gasteiger partial charge in [0.25, 0.3) is 0 Å². The van der Waals surface area contributed by atoms with Gasteiger partial charge in [-0.2, -0.15) is 0 Å². The van der Waals surface area contributed by atoms with E-state index in [4.69, 9.17) is 9.47 Å². The molecule has 0 amide bonds. The van der Waals surface area contributed by atoms with Gasteiger partial charge < -0.3 is 9.47 Å². The molecule has 0 saturated carbocycles. The van der Waals surface area contributed by atoms with Crippen LogP contribution in [0.4, 0.5) is 4.39 Å². The zero-order valence-corrected chi connectivity index (χ0v) is 13.5. The Bertz CT molecular complexity index is 698. The quantitative estimate of drug-likeness (QED) is 0.775. The van der Waals surface area contributed by atoms with Crippen molar-refractivity contribution in [2.75, 3.05) is 14.2 Å². The third-order valence-corrected chi connectivity index (χ3v) is 3.81. The SMILES string of the molecule is COc1cc(Br)c(C(=O)c2cccc(C)c2F)cc1OC. The molecule has 0 atom stereocenters. The van der Waals surface area contributed by atoms with Crippen molar-refractivity contribution in [1.29, 1.82) is 0 Å². The number of methoxy groups -OCH3 is 2. The molecule has 2 aromatic carbocycles. The standard InChI is InChI=1S/C16H14BrFO3/c1-9-5-4-6-10(15(9)18)16(19)11-7-13(20-2)14(21-3)8-12(11)17/h4-8H,1-3H3. The molecule has 0 radical (unpaired) electrons. The summed E-state index contributed by atoms with van der Waals surface area (Å²) in [6.07, 6.45) is 0. The first-order chi connectivity index (χ1) is 9.99. The van der Waals surface area contributed by atoms with Crippen molar-refractivity contribution in [3.63, 3.8) is 0 Å². The highest BCUT2D eigenvalue weighted by molar-refractivity contribution is 9.10. The Balaban J connectivity index is 2.56. The summed E-state index contributed by atoms with van der Waals surface area (Å²) in [5, 5.41) is 0. The van der Waals surface area contributed by atoms with E-state index in [0.717, 1.165) is 0 Å². The average molecular weight is 353 g/mol. The van der Waals surface area contributed by atoms with Gasteiger partial charge in [-0.15, -0.1) is 0 Å². The summed E-state index contributed by atoms with van der Waals surface area (Å²) < 4.78 is 25.0. The molecule has 0 aromatic heterocycles. The van der Waals surface area contributed by atoms with Gasteiger partial charge in [-0.05, 0) is 46.6 Å². The average Bonchev–Trinajstić information content (AvgIpc) is 2.49. The smallest absolute Gasteiger partial charge is 0.197 e. The number of benzene rings is 2. The topological polar surface area (TPSA) is 35.5 Å². The molecule has 3 nitrogen and oxygen atoms in total. The monoisotopic (exact) mass is 352 g/mol. The largest absolute Gasteiger partial charge is 0.493 e. The minimum Gasteiger partial charge on any atom is -0.493 e. The lowest BCUT2D eigenvalue weighted by Crippen LogP contribution is -2.07. The number of hydrogen-bond acceptors (Lipinski definition) is 3. The maximum Gasteiger partial charge on any atom is 0.197 e. The Kier molecular flexibility index (Phi) is 4.63. The summed E-state index contributed by atoms with van der Waals surface area (Å²) in [5.74, 6) is -0.0176. The van der Waals surface area contributed by atoms with Crippen molar-refractivity contribution in [2.24, 2.45) is 0 Å². The Hall–Kier alpha value is -1.88. The van der Waals surface area contributed by atoms with Crippen LogP contribution in [0.1, 0.15) is 21.5 Å². The first kappa shape index (κ1) is 15.5. The van der Waals surface area contributed by atoms with E-state index in [1.165, 1.54) is 26.4 Å². The summed E-state index contributed by atoms with van der Waals surface area (Å²) in [4.78, 5) is 12.5. The highest BCUT2D eigenvalue weighted by atomic mass is 79.9. The zero-order valence-electron chi connectivity index (χ0n) is 11.9. The molecule has 0 unspecified atom stereocenters. The highest BCUT2D eigenvalue weighted by Gasteiger charge is 2.20. The molecule has 2 rings (SSSR count). The molecular weight excluding hydrogens is 339 g/mol. The zero-order chi connectivity index (χ0) is 15.6. The number of aryl methyl sites for hydroxylation is 1. The third-order valence-electron chi connectivity index (χ3n) is 3.15. The molecule has 0 N–H and O–H groups in total. The van der Waals surface area contributed by atoms with Gasteiger partial charge in [0.1, 0.15) is 5.82 Å². The second-order valence-electron chi connectivity index (χ2n) is 4.45. The van der Waals surface area contributed by atoms with E-state index in [9.17, 15) is 9.18 Å². The van der Waals surface area contributed by atoms with E-state index in [1.807, 2.05) is 0 Å². The number of rotatable bonds is 4. The highest BCUT2D eigenvalue weighted by Crippen LogP contribution is 2.34. The number of carbonyl (C=O) groups excluding carboxylic acids is 1. The second kappa shape index (κ2) is 6.26. The number of halogens is 2. The van der Waals surface area contributed by atoms with Crippen LogP contribution in [0.3, 0.4) is 0 Å². The molecular formula is C16H14BrFO3. The van der Waals surface area contributed by atoms with Crippen molar-refractivity contribution in [3.8, 4) is 11.5 Å². The minimum absolute atomic E-state index is 0.0305. The van der Waals surface area contributed by atoms with Crippen LogP contribution in [0, 0.1) is 12.7 Å². The van der Waals surface area contributed by atoms with E-state index >= 15 is 0 Å². The molecule has 110 valence electrons.